The smallest absolute Gasteiger partial charge is 0.293 e. The molecule has 3 rings (SSSR count). The van der Waals surface area contributed by atoms with E-state index in [4.69, 9.17) is 6.42 Å². The largest absolute Gasteiger partial charge is 0.366 e. The molecule has 1 saturated heterocycles. The molecule has 148 valence electrons. The topological polar surface area (TPSA) is 105 Å². The fourth-order valence-corrected chi connectivity index (χ4v) is 3.25. The fourth-order valence-electron chi connectivity index (χ4n) is 3.25. The van der Waals surface area contributed by atoms with Crippen molar-refractivity contribution in [2.24, 2.45) is 0 Å². The number of carbonyl (C=O) groups is 2. The van der Waals surface area contributed by atoms with Crippen LogP contribution in [0.5, 0.6) is 0 Å². The lowest BCUT2D eigenvalue weighted by Crippen LogP contribution is -2.25. The highest BCUT2D eigenvalue weighted by Crippen LogP contribution is 2.32. The molecule has 0 bridgehead atoms. The number of rotatable bonds is 6. The lowest BCUT2D eigenvalue weighted by Gasteiger charge is -2.18. The van der Waals surface area contributed by atoms with E-state index in [9.17, 15) is 19.7 Å². The first-order valence-corrected chi connectivity index (χ1v) is 9.16. The summed E-state index contributed by atoms with van der Waals surface area (Å²) in [6.07, 6.45) is 7.12. The standard InChI is InChI=1S/C21H20N4O4/c1-2-11-22-21(27)16-7-3-4-8-17(16)23-20(26)15-9-10-18(19(14-15)25(28)29)24-12-5-6-13-24/h1,3-4,7-10,14H,5-6,11-13H2,(H,22,27)(H,23,26). The van der Waals surface area contributed by atoms with Gasteiger partial charge in [-0.25, -0.2) is 0 Å². The van der Waals surface area contributed by atoms with Gasteiger partial charge in [0, 0.05) is 24.7 Å². The Hall–Kier alpha value is -3.86. The van der Waals surface area contributed by atoms with Gasteiger partial charge < -0.3 is 15.5 Å². The summed E-state index contributed by atoms with van der Waals surface area (Å²) in [7, 11) is 0. The van der Waals surface area contributed by atoms with Gasteiger partial charge in [0.25, 0.3) is 17.5 Å². The molecular formula is C21H20N4O4. The number of terminal acetylenes is 1. The molecule has 1 aliphatic rings. The highest BCUT2D eigenvalue weighted by molar-refractivity contribution is 6.09. The number of nitrogens with zero attached hydrogens (tertiary/aromatic N) is 2. The number of hydrogen-bond acceptors (Lipinski definition) is 5. The van der Waals surface area contributed by atoms with Gasteiger partial charge in [-0.05, 0) is 37.1 Å². The van der Waals surface area contributed by atoms with Gasteiger partial charge >= 0.3 is 0 Å². The molecule has 8 heteroatoms. The summed E-state index contributed by atoms with van der Waals surface area (Å²) < 4.78 is 0. The Morgan fingerprint density at radius 2 is 1.86 bits per heavy atom. The van der Waals surface area contributed by atoms with Crippen LogP contribution in [-0.2, 0) is 0 Å². The van der Waals surface area contributed by atoms with Crippen molar-refractivity contribution in [2.75, 3.05) is 29.9 Å². The van der Waals surface area contributed by atoms with Gasteiger partial charge in [-0.1, -0.05) is 18.1 Å². The Kier molecular flexibility index (Phi) is 6.09. The number of nitrogens with one attached hydrogen (secondary N) is 2. The third-order valence-corrected chi connectivity index (χ3v) is 4.65. The van der Waals surface area contributed by atoms with E-state index in [0.29, 0.717) is 11.4 Å². The van der Waals surface area contributed by atoms with Crippen LogP contribution in [0.25, 0.3) is 0 Å². The van der Waals surface area contributed by atoms with Crippen molar-refractivity contribution in [3.63, 3.8) is 0 Å². The Morgan fingerprint density at radius 3 is 2.55 bits per heavy atom. The van der Waals surface area contributed by atoms with Gasteiger partial charge in [0.05, 0.1) is 22.7 Å². The summed E-state index contributed by atoms with van der Waals surface area (Å²) >= 11 is 0. The molecule has 2 N–H and O–H groups in total. The van der Waals surface area contributed by atoms with Gasteiger partial charge in [0.2, 0.25) is 0 Å². The number of anilines is 2. The van der Waals surface area contributed by atoms with Gasteiger partial charge in [0.1, 0.15) is 5.69 Å². The number of nitro groups is 1. The average Bonchev–Trinajstić information content (AvgIpc) is 3.26. The molecule has 2 amide bonds. The first kappa shape index (κ1) is 19.9. The van der Waals surface area contributed by atoms with Gasteiger partial charge in [0.15, 0.2) is 0 Å². The van der Waals surface area contributed by atoms with Crippen LogP contribution in [0.3, 0.4) is 0 Å². The zero-order valence-corrected chi connectivity index (χ0v) is 15.7. The number of para-hydroxylation sites is 1. The van der Waals surface area contributed by atoms with Crippen molar-refractivity contribution in [3.05, 3.63) is 63.7 Å². The predicted molar refractivity (Wildman–Crippen MR) is 110 cm³/mol. The van der Waals surface area contributed by atoms with E-state index in [-0.39, 0.29) is 23.4 Å². The predicted octanol–water partition coefficient (Wildman–Crippen LogP) is 2.81. The molecule has 2 aromatic carbocycles. The summed E-state index contributed by atoms with van der Waals surface area (Å²) in [5.41, 5.74) is 1.08. The fraction of sp³-hybridized carbons (Fsp3) is 0.238. The number of amides is 2. The van der Waals surface area contributed by atoms with E-state index in [2.05, 4.69) is 16.6 Å². The van der Waals surface area contributed by atoms with Crippen LogP contribution >= 0.6 is 0 Å². The van der Waals surface area contributed by atoms with Crippen LogP contribution in [0.1, 0.15) is 33.6 Å². The minimum Gasteiger partial charge on any atom is -0.366 e. The van der Waals surface area contributed by atoms with E-state index in [1.54, 1.807) is 36.4 Å². The van der Waals surface area contributed by atoms with Crippen molar-refractivity contribution in [1.82, 2.24) is 5.32 Å². The van der Waals surface area contributed by atoms with Crippen molar-refractivity contribution >= 4 is 28.9 Å². The van der Waals surface area contributed by atoms with Gasteiger partial charge in [-0.2, -0.15) is 0 Å². The third kappa shape index (κ3) is 4.52. The quantitative estimate of drug-likeness (QED) is 0.447. The Labute approximate surface area is 168 Å². The molecule has 1 heterocycles. The zero-order chi connectivity index (χ0) is 20.8. The number of nitro benzene ring substituents is 1. The first-order chi connectivity index (χ1) is 14.0. The summed E-state index contributed by atoms with van der Waals surface area (Å²) in [5, 5.41) is 16.7. The van der Waals surface area contributed by atoms with Crippen molar-refractivity contribution in [1.29, 1.82) is 0 Å². The minimum absolute atomic E-state index is 0.0608. The highest BCUT2D eigenvalue weighted by Gasteiger charge is 2.24. The van der Waals surface area contributed by atoms with E-state index in [1.807, 2.05) is 4.90 Å². The lowest BCUT2D eigenvalue weighted by atomic mass is 10.1. The maximum absolute atomic E-state index is 12.7. The summed E-state index contributed by atoms with van der Waals surface area (Å²) in [5.74, 6) is 1.35. The van der Waals surface area contributed by atoms with Gasteiger partial charge in [-0.3, -0.25) is 19.7 Å². The Bertz CT molecular complexity index is 990. The first-order valence-electron chi connectivity index (χ1n) is 9.16. The summed E-state index contributed by atoms with van der Waals surface area (Å²) in [6, 6.07) is 10.9. The molecule has 2 aromatic rings. The molecule has 0 aromatic heterocycles. The van der Waals surface area contributed by atoms with E-state index in [1.165, 1.54) is 6.07 Å². The molecule has 1 aliphatic heterocycles. The third-order valence-electron chi connectivity index (χ3n) is 4.65. The molecule has 1 fully saturated rings. The molecule has 0 saturated carbocycles. The number of hydrogen-bond donors (Lipinski definition) is 2. The monoisotopic (exact) mass is 392 g/mol. The number of benzene rings is 2. The second-order valence-electron chi connectivity index (χ2n) is 6.54. The molecule has 29 heavy (non-hydrogen) atoms. The van der Waals surface area contributed by atoms with E-state index >= 15 is 0 Å². The van der Waals surface area contributed by atoms with Crippen LogP contribution in [0.15, 0.2) is 42.5 Å². The van der Waals surface area contributed by atoms with E-state index < -0.39 is 16.7 Å². The average molecular weight is 392 g/mol. The Morgan fingerprint density at radius 1 is 1.14 bits per heavy atom. The zero-order valence-electron chi connectivity index (χ0n) is 15.7. The molecular weight excluding hydrogens is 372 g/mol. The van der Waals surface area contributed by atoms with Crippen LogP contribution in [0.2, 0.25) is 0 Å². The molecule has 0 aliphatic carbocycles. The Balaban J connectivity index is 1.85. The van der Waals surface area contributed by atoms with Crippen LogP contribution in [-0.4, -0.2) is 36.4 Å². The van der Waals surface area contributed by atoms with Crippen LogP contribution in [0, 0.1) is 22.5 Å². The van der Waals surface area contributed by atoms with Crippen molar-refractivity contribution in [2.45, 2.75) is 12.8 Å². The van der Waals surface area contributed by atoms with Crippen LogP contribution in [0.4, 0.5) is 17.1 Å². The van der Waals surface area contributed by atoms with E-state index in [0.717, 1.165) is 25.9 Å². The van der Waals surface area contributed by atoms with Crippen molar-refractivity contribution in [3.8, 4) is 12.3 Å². The second-order valence-corrected chi connectivity index (χ2v) is 6.54. The van der Waals surface area contributed by atoms with Crippen molar-refractivity contribution < 1.29 is 14.5 Å². The molecule has 0 atom stereocenters. The molecule has 0 radical (unpaired) electrons. The molecule has 0 spiro atoms. The normalized spacial score (nSPS) is 12.9. The van der Waals surface area contributed by atoms with Crippen LogP contribution < -0.4 is 15.5 Å². The lowest BCUT2D eigenvalue weighted by molar-refractivity contribution is -0.384. The summed E-state index contributed by atoms with van der Waals surface area (Å²) in [6.45, 7) is 1.57. The minimum atomic E-state index is -0.543. The maximum Gasteiger partial charge on any atom is 0.293 e. The number of carbonyl (C=O) groups excluding carboxylic acids is 2. The summed E-state index contributed by atoms with van der Waals surface area (Å²) in [4.78, 5) is 37.9. The van der Waals surface area contributed by atoms with Gasteiger partial charge in [-0.15, -0.1) is 6.42 Å². The molecule has 8 nitrogen and oxygen atoms in total. The SMILES string of the molecule is C#CCNC(=O)c1ccccc1NC(=O)c1ccc(N2CCCC2)c([N+](=O)[O-])c1. The second kappa shape index (κ2) is 8.89. The highest BCUT2D eigenvalue weighted by atomic mass is 16.6. The maximum atomic E-state index is 12.7. The molecule has 0 unspecified atom stereocenters.